The van der Waals surface area contributed by atoms with Crippen LogP contribution in [0.25, 0.3) is 10.2 Å². The average molecular weight is 462 g/mol. The Labute approximate surface area is 187 Å². The number of thioether (sulfide) groups is 1. The highest BCUT2D eigenvalue weighted by molar-refractivity contribution is 7.99. The Morgan fingerprint density at radius 1 is 1.29 bits per heavy atom. The number of ether oxygens (including phenoxy) is 2. The van der Waals surface area contributed by atoms with Crippen molar-refractivity contribution in [3.05, 3.63) is 50.4 Å². The summed E-state index contributed by atoms with van der Waals surface area (Å²) in [6, 6.07) is 4.75. The van der Waals surface area contributed by atoms with Gasteiger partial charge in [0, 0.05) is 4.88 Å². The van der Waals surface area contributed by atoms with Crippen LogP contribution in [0.3, 0.4) is 0 Å². The molecule has 0 radical (unpaired) electrons. The summed E-state index contributed by atoms with van der Waals surface area (Å²) in [5, 5.41) is 2.92. The molecular weight excluding hydrogens is 438 g/mol. The maximum Gasteiger partial charge on any atom is 0.340 e. The van der Waals surface area contributed by atoms with Crippen LogP contribution in [0.15, 0.2) is 23.0 Å². The Kier molecular flexibility index (Phi) is 7.01. The van der Waals surface area contributed by atoms with Gasteiger partial charge in [-0.3, -0.25) is 9.59 Å². The number of amides is 1. The molecule has 164 valence electrons. The number of H-pyrrole nitrogens is 1. The maximum absolute atomic E-state index is 12.7. The molecule has 0 spiro atoms. The van der Waals surface area contributed by atoms with E-state index in [0.717, 1.165) is 10.4 Å². The molecule has 0 aliphatic rings. The normalized spacial score (nSPS) is 11.9. The van der Waals surface area contributed by atoms with Gasteiger partial charge < -0.3 is 19.8 Å². The monoisotopic (exact) mass is 461 g/mol. The van der Waals surface area contributed by atoms with Crippen LogP contribution in [0.1, 0.15) is 33.5 Å². The molecule has 2 heterocycles. The highest BCUT2D eigenvalue weighted by Gasteiger charge is 2.20. The van der Waals surface area contributed by atoms with E-state index < -0.39 is 11.2 Å². The van der Waals surface area contributed by atoms with Crippen LogP contribution in [-0.4, -0.2) is 41.3 Å². The number of nitrogens with zero attached hydrogens (tertiary/aromatic N) is 1. The van der Waals surface area contributed by atoms with Gasteiger partial charge in [0.2, 0.25) is 5.91 Å². The van der Waals surface area contributed by atoms with E-state index in [4.69, 9.17) is 9.47 Å². The number of anilines is 1. The summed E-state index contributed by atoms with van der Waals surface area (Å²) in [7, 11) is 2.76. The molecule has 2 N–H and O–H groups in total. The molecule has 3 rings (SSSR count). The molecule has 1 amide bonds. The molecule has 0 fully saturated rings. The first kappa shape index (κ1) is 22.8. The van der Waals surface area contributed by atoms with E-state index in [-0.39, 0.29) is 17.0 Å². The summed E-state index contributed by atoms with van der Waals surface area (Å²) in [6.45, 7) is 5.62. The summed E-state index contributed by atoms with van der Waals surface area (Å²) in [6.07, 6.45) is 0. The first-order valence-electron chi connectivity index (χ1n) is 9.42. The van der Waals surface area contributed by atoms with Crippen molar-refractivity contribution >= 4 is 50.9 Å². The van der Waals surface area contributed by atoms with Crippen LogP contribution < -0.4 is 15.6 Å². The predicted octanol–water partition coefficient (Wildman–Crippen LogP) is 3.66. The Bertz CT molecular complexity index is 1200. The topological polar surface area (TPSA) is 110 Å². The SMILES string of the molecule is COC(=O)c1cc(OC)ccc1NC(=O)C(C)SCc1nc2sc(C)c(C)c2c(=O)[nH]1. The molecule has 0 saturated carbocycles. The van der Waals surface area contributed by atoms with Gasteiger partial charge in [-0.15, -0.1) is 23.1 Å². The molecule has 10 heteroatoms. The van der Waals surface area contributed by atoms with Crippen LogP contribution in [0.4, 0.5) is 5.69 Å². The summed E-state index contributed by atoms with van der Waals surface area (Å²) < 4.78 is 9.92. The number of thiophene rings is 1. The second-order valence-corrected chi connectivity index (χ2v) is 9.35. The fraction of sp³-hybridized carbons (Fsp3) is 0.333. The minimum atomic E-state index is -0.578. The van der Waals surface area contributed by atoms with E-state index in [1.165, 1.54) is 43.4 Å². The molecule has 8 nitrogen and oxygen atoms in total. The predicted molar refractivity (Wildman–Crippen MR) is 123 cm³/mol. The summed E-state index contributed by atoms with van der Waals surface area (Å²) in [5.41, 5.74) is 1.32. The number of aromatic nitrogens is 2. The molecule has 0 aliphatic heterocycles. The fourth-order valence-corrected chi connectivity index (χ4v) is 4.72. The third-order valence-corrected chi connectivity index (χ3v) is 7.07. The number of fused-ring (bicyclic) bond motifs is 1. The minimum Gasteiger partial charge on any atom is -0.497 e. The van der Waals surface area contributed by atoms with Crippen molar-refractivity contribution in [2.75, 3.05) is 19.5 Å². The van der Waals surface area contributed by atoms with Crippen molar-refractivity contribution in [3.8, 4) is 5.75 Å². The lowest BCUT2D eigenvalue weighted by Gasteiger charge is -2.14. The van der Waals surface area contributed by atoms with Crippen molar-refractivity contribution in [1.82, 2.24) is 9.97 Å². The van der Waals surface area contributed by atoms with Gasteiger partial charge in [-0.25, -0.2) is 9.78 Å². The number of benzene rings is 1. The van der Waals surface area contributed by atoms with E-state index in [1.54, 1.807) is 19.1 Å². The van der Waals surface area contributed by atoms with E-state index in [0.29, 0.717) is 33.2 Å². The number of esters is 1. The molecule has 0 aliphatic carbocycles. The van der Waals surface area contributed by atoms with E-state index >= 15 is 0 Å². The van der Waals surface area contributed by atoms with Crippen molar-refractivity contribution in [2.24, 2.45) is 0 Å². The standard InChI is InChI=1S/C21H23N3O5S2/c1-10-11(2)31-20-17(10)19(26)23-16(24-20)9-30-12(3)18(25)22-15-7-6-13(28-4)8-14(15)21(27)29-5/h6-8,12H,9H2,1-5H3,(H,22,25)(H,23,24,26). The van der Waals surface area contributed by atoms with Gasteiger partial charge >= 0.3 is 5.97 Å². The van der Waals surface area contributed by atoms with Gasteiger partial charge in [-0.05, 0) is 44.5 Å². The Morgan fingerprint density at radius 3 is 2.71 bits per heavy atom. The number of hydrogen-bond donors (Lipinski definition) is 2. The molecule has 1 unspecified atom stereocenters. The van der Waals surface area contributed by atoms with Crippen LogP contribution in [-0.2, 0) is 15.3 Å². The number of hydrogen-bond acceptors (Lipinski definition) is 8. The van der Waals surface area contributed by atoms with Crippen LogP contribution in [0.5, 0.6) is 5.75 Å². The zero-order chi connectivity index (χ0) is 22.7. The quantitative estimate of drug-likeness (QED) is 0.517. The number of methoxy groups -OCH3 is 2. The maximum atomic E-state index is 12.7. The first-order chi connectivity index (χ1) is 14.7. The molecule has 2 aromatic heterocycles. The van der Waals surface area contributed by atoms with Crippen molar-refractivity contribution in [3.63, 3.8) is 0 Å². The highest BCUT2D eigenvalue weighted by atomic mass is 32.2. The van der Waals surface area contributed by atoms with Crippen LogP contribution in [0.2, 0.25) is 0 Å². The lowest BCUT2D eigenvalue weighted by molar-refractivity contribution is -0.115. The summed E-state index contributed by atoms with van der Waals surface area (Å²) in [4.78, 5) is 46.2. The lowest BCUT2D eigenvalue weighted by atomic mass is 10.1. The van der Waals surface area contributed by atoms with Gasteiger partial charge in [-0.1, -0.05) is 0 Å². The number of nitrogens with one attached hydrogen (secondary N) is 2. The van der Waals surface area contributed by atoms with Gasteiger partial charge in [0.25, 0.3) is 5.56 Å². The van der Waals surface area contributed by atoms with Crippen molar-refractivity contribution < 1.29 is 19.1 Å². The molecular formula is C21H23N3O5S2. The number of aryl methyl sites for hydroxylation is 2. The Hall–Kier alpha value is -2.85. The molecule has 1 atom stereocenters. The lowest BCUT2D eigenvalue weighted by Crippen LogP contribution is -2.24. The largest absolute Gasteiger partial charge is 0.497 e. The summed E-state index contributed by atoms with van der Waals surface area (Å²) in [5.74, 6) is 0.494. The second-order valence-electron chi connectivity index (χ2n) is 6.82. The number of rotatable bonds is 7. The smallest absolute Gasteiger partial charge is 0.340 e. The zero-order valence-electron chi connectivity index (χ0n) is 17.8. The number of aromatic amines is 1. The molecule has 3 aromatic rings. The average Bonchev–Trinajstić information content (AvgIpc) is 3.05. The van der Waals surface area contributed by atoms with Crippen LogP contribution >= 0.6 is 23.1 Å². The first-order valence-corrected chi connectivity index (χ1v) is 11.3. The Balaban J connectivity index is 1.71. The van der Waals surface area contributed by atoms with Gasteiger partial charge in [-0.2, -0.15) is 0 Å². The van der Waals surface area contributed by atoms with Crippen molar-refractivity contribution in [1.29, 1.82) is 0 Å². The number of carbonyl (C=O) groups excluding carboxylic acids is 2. The minimum absolute atomic E-state index is 0.166. The third kappa shape index (κ3) is 4.91. The van der Waals surface area contributed by atoms with E-state index in [1.807, 2.05) is 13.8 Å². The molecule has 0 bridgehead atoms. The number of carbonyl (C=O) groups is 2. The third-order valence-electron chi connectivity index (χ3n) is 4.82. The van der Waals surface area contributed by atoms with Crippen LogP contribution in [0, 0.1) is 13.8 Å². The Morgan fingerprint density at radius 2 is 2.03 bits per heavy atom. The van der Waals surface area contributed by atoms with E-state index in [2.05, 4.69) is 15.3 Å². The van der Waals surface area contributed by atoms with Gasteiger partial charge in [0.1, 0.15) is 16.4 Å². The molecule has 0 saturated heterocycles. The van der Waals surface area contributed by atoms with Gasteiger partial charge in [0.05, 0.1) is 41.9 Å². The zero-order valence-corrected chi connectivity index (χ0v) is 19.5. The second kappa shape index (κ2) is 9.52. The molecule has 31 heavy (non-hydrogen) atoms. The van der Waals surface area contributed by atoms with Crippen molar-refractivity contribution in [2.45, 2.75) is 31.8 Å². The molecule has 1 aromatic carbocycles. The van der Waals surface area contributed by atoms with E-state index in [9.17, 15) is 14.4 Å². The summed E-state index contributed by atoms with van der Waals surface area (Å²) >= 11 is 2.82. The highest BCUT2D eigenvalue weighted by Crippen LogP contribution is 2.27. The fourth-order valence-electron chi connectivity index (χ4n) is 2.92. The van der Waals surface area contributed by atoms with Gasteiger partial charge in [0.15, 0.2) is 0 Å².